The zero-order valence-electron chi connectivity index (χ0n) is 14.1. The third kappa shape index (κ3) is 4.48. The Bertz CT molecular complexity index is 704. The molecule has 3 nitrogen and oxygen atoms in total. The van der Waals surface area contributed by atoms with Crippen LogP contribution in [-0.4, -0.2) is 23.9 Å². The second-order valence-electron chi connectivity index (χ2n) is 6.24. The van der Waals surface area contributed by atoms with Crippen LogP contribution in [0, 0.1) is 0 Å². The molecular weight excluding hydrogens is 298 g/mol. The highest BCUT2D eigenvalue weighted by Crippen LogP contribution is 2.14. The van der Waals surface area contributed by atoms with E-state index in [2.05, 4.69) is 13.0 Å². The van der Waals surface area contributed by atoms with Gasteiger partial charge in [-0.2, -0.15) is 0 Å². The average Bonchev–Trinajstić information content (AvgIpc) is 2.62. The second-order valence-corrected chi connectivity index (χ2v) is 6.24. The molecule has 0 saturated carbocycles. The number of rotatable bonds is 5. The fourth-order valence-corrected chi connectivity index (χ4v) is 2.72. The van der Waals surface area contributed by atoms with Crippen molar-refractivity contribution in [2.75, 3.05) is 13.1 Å². The zero-order valence-corrected chi connectivity index (χ0v) is 14.1. The van der Waals surface area contributed by atoms with Crippen molar-refractivity contribution < 1.29 is 9.53 Å². The Morgan fingerprint density at radius 2 is 1.75 bits per heavy atom. The van der Waals surface area contributed by atoms with E-state index in [1.165, 1.54) is 5.57 Å². The summed E-state index contributed by atoms with van der Waals surface area (Å²) in [6, 6.07) is 17.9. The highest BCUT2D eigenvalue weighted by atomic mass is 16.5. The molecule has 0 spiro atoms. The van der Waals surface area contributed by atoms with E-state index in [4.69, 9.17) is 4.74 Å². The molecule has 1 heterocycles. The lowest BCUT2D eigenvalue weighted by atomic mass is 10.1. The maximum Gasteiger partial charge on any atom is 0.227 e. The van der Waals surface area contributed by atoms with Gasteiger partial charge in [-0.3, -0.25) is 4.79 Å². The van der Waals surface area contributed by atoms with Gasteiger partial charge < -0.3 is 9.64 Å². The minimum Gasteiger partial charge on any atom is -0.489 e. The van der Waals surface area contributed by atoms with Crippen molar-refractivity contribution in [3.63, 3.8) is 0 Å². The summed E-state index contributed by atoms with van der Waals surface area (Å²) < 4.78 is 5.74. The Morgan fingerprint density at radius 1 is 1.04 bits per heavy atom. The molecule has 1 aliphatic heterocycles. The number of amides is 1. The van der Waals surface area contributed by atoms with Gasteiger partial charge in [0.25, 0.3) is 0 Å². The van der Waals surface area contributed by atoms with Crippen molar-refractivity contribution in [2.24, 2.45) is 0 Å². The first-order chi connectivity index (χ1) is 11.7. The average molecular weight is 321 g/mol. The van der Waals surface area contributed by atoms with Gasteiger partial charge >= 0.3 is 0 Å². The van der Waals surface area contributed by atoms with Gasteiger partial charge in [-0.05, 0) is 36.6 Å². The first-order valence-electron chi connectivity index (χ1n) is 8.40. The van der Waals surface area contributed by atoms with E-state index in [0.29, 0.717) is 13.0 Å². The molecule has 0 N–H and O–H groups in total. The second kappa shape index (κ2) is 7.82. The van der Waals surface area contributed by atoms with Crippen LogP contribution in [0.3, 0.4) is 0 Å². The molecule has 3 heteroatoms. The Kier molecular flexibility index (Phi) is 5.32. The Labute approximate surface area is 143 Å². The summed E-state index contributed by atoms with van der Waals surface area (Å²) in [7, 11) is 0. The van der Waals surface area contributed by atoms with E-state index in [9.17, 15) is 4.79 Å². The van der Waals surface area contributed by atoms with Gasteiger partial charge in [-0.25, -0.2) is 0 Å². The summed E-state index contributed by atoms with van der Waals surface area (Å²) in [6.07, 6.45) is 3.60. The van der Waals surface area contributed by atoms with Crippen molar-refractivity contribution in [3.05, 3.63) is 77.4 Å². The van der Waals surface area contributed by atoms with Crippen molar-refractivity contribution in [1.29, 1.82) is 0 Å². The van der Waals surface area contributed by atoms with E-state index in [1.807, 2.05) is 59.5 Å². The molecule has 124 valence electrons. The van der Waals surface area contributed by atoms with Gasteiger partial charge in [0, 0.05) is 13.1 Å². The number of carbonyl (C=O) groups excluding carboxylic acids is 1. The number of benzene rings is 2. The maximum atomic E-state index is 12.3. The number of hydrogen-bond donors (Lipinski definition) is 0. The number of carbonyl (C=O) groups is 1. The smallest absolute Gasteiger partial charge is 0.227 e. The first-order valence-corrected chi connectivity index (χ1v) is 8.40. The van der Waals surface area contributed by atoms with Crippen LogP contribution < -0.4 is 4.74 Å². The summed E-state index contributed by atoms with van der Waals surface area (Å²) in [4.78, 5) is 14.3. The molecule has 0 bridgehead atoms. The molecule has 1 aliphatic rings. The molecule has 3 rings (SSSR count). The van der Waals surface area contributed by atoms with Crippen LogP contribution in [0.2, 0.25) is 0 Å². The molecule has 0 saturated heterocycles. The molecule has 0 fully saturated rings. The van der Waals surface area contributed by atoms with Crippen LogP contribution in [0.1, 0.15) is 24.5 Å². The lowest BCUT2D eigenvalue weighted by molar-refractivity contribution is -0.130. The van der Waals surface area contributed by atoms with Crippen molar-refractivity contribution >= 4 is 5.91 Å². The maximum absolute atomic E-state index is 12.3. The molecular formula is C21H23NO2. The van der Waals surface area contributed by atoms with Crippen LogP contribution in [-0.2, 0) is 17.8 Å². The number of para-hydroxylation sites is 1. The monoisotopic (exact) mass is 321 g/mol. The standard InChI is InChI=1S/C21H23NO2/c1-17-11-13-22(14-12-17)21(23)15-18-7-9-19(10-8-18)16-24-20-5-3-2-4-6-20/h2-11H,12-16H2,1H3. The molecule has 0 radical (unpaired) electrons. The third-order valence-electron chi connectivity index (χ3n) is 4.32. The number of hydrogen-bond acceptors (Lipinski definition) is 2. The molecule has 1 amide bonds. The topological polar surface area (TPSA) is 29.5 Å². The van der Waals surface area contributed by atoms with Gasteiger partial charge in [0.15, 0.2) is 0 Å². The van der Waals surface area contributed by atoms with Crippen molar-refractivity contribution in [3.8, 4) is 5.75 Å². The van der Waals surface area contributed by atoms with E-state index in [0.717, 1.165) is 36.4 Å². The molecule has 0 aromatic heterocycles. The van der Waals surface area contributed by atoms with Gasteiger partial charge in [0.05, 0.1) is 6.42 Å². The van der Waals surface area contributed by atoms with E-state index >= 15 is 0 Å². The Balaban J connectivity index is 1.52. The van der Waals surface area contributed by atoms with Crippen LogP contribution in [0.4, 0.5) is 0 Å². The lowest BCUT2D eigenvalue weighted by Crippen LogP contribution is -2.35. The van der Waals surface area contributed by atoms with E-state index in [1.54, 1.807) is 0 Å². The van der Waals surface area contributed by atoms with E-state index in [-0.39, 0.29) is 5.91 Å². The summed E-state index contributed by atoms with van der Waals surface area (Å²) in [5.74, 6) is 1.07. The Hall–Kier alpha value is -2.55. The largest absolute Gasteiger partial charge is 0.489 e. The summed E-state index contributed by atoms with van der Waals surface area (Å²) in [5, 5.41) is 0. The van der Waals surface area contributed by atoms with Crippen molar-refractivity contribution in [1.82, 2.24) is 4.90 Å². The SMILES string of the molecule is CC1=CCN(C(=O)Cc2ccc(COc3ccccc3)cc2)CC1. The summed E-state index contributed by atoms with van der Waals surface area (Å²) >= 11 is 0. The number of ether oxygens (including phenoxy) is 1. The fraction of sp³-hybridized carbons (Fsp3) is 0.286. The highest BCUT2D eigenvalue weighted by Gasteiger charge is 2.15. The molecule has 0 aliphatic carbocycles. The molecule has 0 unspecified atom stereocenters. The fourth-order valence-electron chi connectivity index (χ4n) is 2.72. The summed E-state index contributed by atoms with van der Waals surface area (Å²) in [6.45, 7) is 4.24. The molecule has 0 atom stereocenters. The van der Waals surface area contributed by atoms with E-state index < -0.39 is 0 Å². The summed E-state index contributed by atoms with van der Waals surface area (Å²) in [5.41, 5.74) is 3.53. The van der Waals surface area contributed by atoms with Crippen LogP contribution >= 0.6 is 0 Å². The predicted octanol–water partition coefficient (Wildman–Crippen LogP) is 3.99. The van der Waals surface area contributed by atoms with Gasteiger partial charge in [-0.1, -0.05) is 54.1 Å². The first kappa shape index (κ1) is 16.3. The van der Waals surface area contributed by atoms with Gasteiger partial charge in [0.1, 0.15) is 12.4 Å². The lowest BCUT2D eigenvalue weighted by Gasteiger charge is -2.25. The predicted molar refractivity (Wildman–Crippen MR) is 95.9 cm³/mol. The Morgan fingerprint density at radius 3 is 2.42 bits per heavy atom. The zero-order chi connectivity index (χ0) is 16.8. The van der Waals surface area contributed by atoms with Crippen LogP contribution in [0.15, 0.2) is 66.2 Å². The minimum atomic E-state index is 0.201. The minimum absolute atomic E-state index is 0.201. The van der Waals surface area contributed by atoms with Gasteiger partial charge in [-0.15, -0.1) is 0 Å². The third-order valence-corrected chi connectivity index (χ3v) is 4.32. The van der Waals surface area contributed by atoms with Crippen LogP contribution in [0.5, 0.6) is 5.75 Å². The molecule has 24 heavy (non-hydrogen) atoms. The molecule has 2 aromatic carbocycles. The number of nitrogens with zero attached hydrogens (tertiary/aromatic N) is 1. The van der Waals surface area contributed by atoms with Crippen molar-refractivity contribution in [2.45, 2.75) is 26.4 Å². The quantitative estimate of drug-likeness (QED) is 0.779. The molecule has 2 aromatic rings. The van der Waals surface area contributed by atoms with Gasteiger partial charge in [0.2, 0.25) is 5.91 Å². The van der Waals surface area contributed by atoms with Crippen LogP contribution in [0.25, 0.3) is 0 Å². The normalized spacial score (nSPS) is 14.2. The highest BCUT2D eigenvalue weighted by molar-refractivity contribution is 5.79.